The second-order valence-corrected chi connectivity index (χ2v) is 11.4. The van der Waals surface area contributed by atoms with Gasteiger partial charge in [-0.3, -0.25) is 4.79 Å². The molecule has 1 atom stereocenters. The number of aliphatic imine (C=N–C) groups is 1. The monoisotopic (exact) mass is 652 g/mol. The van der Waals surface area contributed by atoms with Gasteiger partial charge in [0, 0.05) is 42.4 Å². The Labute approximate surface area is 272 Å². The van der Waals surface area contributed by atoms with Crippen LogP contribution >= 0.6 is 0 Å². The van der Waals surface area contributed by atoms with Gasteiger partial charge in [0.25, 0.3) is 0 Å². The summed E-state index contributed by atoms with van der Waals surface area (Å²) in [7, 11) is 3.10. The van der Waals surface area contributed by atoms with Crippen molar-refractivity contribution in [2.45, 2.75) is 32.5 Å². The molecule has 5 rings (SSSR count). The summed E-state index contributed by atoms with van der Waals surface area (Å²) in [5.41, 5.74) is 9.76. The van der Waals surface area contributed by atoms with Gasteiger partial charge in [0.05, 0.1) is 57.7 Å². The third kappa shape index (κ3) is 7.74. The Bertz CT molecular complexity index is 1650. The zero-order chi connectivity index (χ0) is 33.7. The first-order chi connectivity index (χ1) is 22.5. The van der Waals surface area contributed by atoms with E-state index in [9.17, 15) is 18.0 Å². The molecule has 4 N–H and O–H groups in total. The van der Waals surface area contributed by atoms with Gasteiger partial charge >= 0.3 is 6.18 Å². The number of ether oxygens (including phenoxy) is 3. The first kappa shape index (κ1) is 33.5. The van der Waals surface area contributed by atoms with Crippen molar-refractivity contribution in [2.24, 2.45) is 10.7 Å². The first-order valence-corrected chi connectivity index (χ1v) is 15.2. The number of halogens is 3. The molecule has 2 heterocycles. The van der Waals surface area contributed by atoms with Gasteiger partial charge in [-0.05, 0) is 60.9 Å². The SMILES string of the molecule is COc1ccc(NC2CC(=O)N(c3c(C)cccc3C)C/C2=C/N=C(N)Nc2ccc(N3CCOCC3)c(C(F)(F)F)c2)c(OC)c1. The van der Waals surface area contributed by atoms with E-state index in [4.69, 9.17) is 19.9 Å². The van der Waals surface area contributed by atoms with Crippen LogP contribution in [-0.4, -0.2) is 65.0 Å². The number of guanidine groups is 1. The Morgan fingerprint density at radius 3 is 2.43 bits per heavy atom. The number of benzene rings is 3. The molecular formula is C34H39F3N6O4. The van der Waals surface area contributed by atoms with E-state index in [1.165, 1.54) is 12.1 Å². The van der Waals surface area contributed by atoms with Crippen LogP contribution in [0.5, 0.6) is 11.5 Å². The van der Waals surface area contributed by atoms with Crippen molar-refractivity contribution >= 4 is 34.6 Å². The van der Waals surface area contributed by atoms with E-state index < -0.39 is 17.8 Å². The van der Waals surface area contributed by atoms with E-state index in [1.807, 2.05) is 32.0 Å². The lowest BCUT2D eigenvalue weighted by Crippen LogP contribution is -2.46. The highest BCUT2D eigenvalue weighted by atomic mass is 19.4. The minimum Gasteiger partial charge on any atom is -0.497 e. The fraction of sp³-hybridized carbons (Fsp3) is 0.353. The third-order valence-electron chi connectivity index (χ3n) is 8.21. The zero-order valence-electron chi connectivity index (χ0n) is 26.8. The molecule has 0 aromatic heterocycles. The number of nitrogens with one attached hydrogen (secondary N) is 2. The maximum absolute atomic E-state index is 14.1. The van der Waals surface area contributed by atoms with Crippen LogP contribution in [0, 0.1) is 13.8 Å². The number of carbonyl (C=O) groups is 1. The number of amides is 1. The van der Waals surface area contributed by atoms with Crippen LogP contribution < -0.4 is 35.6 Å². The van der Waals surface area contributed by atoms with Gasteiger partial charge in [-0.2, -0.15) is 13.2 Å². The number of piperidine rings is 1. The van der Waals surface area contributed by atoms with E-state index in [-0.39, 0.29) is 36.2 Å². The number of nitrogens with zero attached hydrogens (tertiary/aromatic N) is 3. The lowest BCUT2D eigenvalue weighted by atomic mass is 9.96. The Kier molecular flexibility index (Phi) is 10.1. The quantitative estimate of drug-likeness (QED) is 0.210. The van der Waals surface area contributed by atoms with Gasteiger partial charge in [-0.1, -0.05) is 18.2 Å². The van der Waals surface area contributed by atoms with Gasteiger partial charge in [-0.25, -0.2) is 4.99 Å². The Morgan fingerprint density at radius 2 is 1.77 bits per heavy atom. The van der Waals surface area contributed by atoms with Gasteiger partial charge in [0.1, 0.15) is 11.5 Å². The van der Waals surface area contributed by atoms with Crippen molar-refractivity contribution in [1.29, 1.82) is 0 Å². The number of rotatable bonds is 8. The van der Waals surface area contributed by atoms with Crippen molar-refractivity contribution in [3.8, 4) is 11.5 Å². The standard InChI is InChI=1S/C34H39F3N6O4/c1-21-6-5-7-22(2)32(21)43-20-23(28(18-31(43)44)41-27-10-9-25(45-3)17-30(27)46-4)19-39-33(38)40-24-8-11-29(26(16-24)34(35,36)37)42-12-14-47-15-13-42/h5-11,16-17,19,28,41H,12-15,18,20H2,1-4H3,(H3,38,39,40)/b23-19-. The molecule has 2 aliphatic heterocycles. The number of morpholine rings is 1. The van der Waals surface area contributed by atoms with Crippen LogP contribution in [0.2, 0.25) is 0 Å². The second-order valence-electron chi connectivity index (χ2n) is 11.4. The van der Waals surface area contributed by atoms with Gasteiger partial charge in [0.2, 0.25) is 5.91 Å². The molecule has 3 aromatic rings. The summed E-state index contributed by atoms with van der Waals surface area (Å²) in [4.78, 5) is 21.3. The van der Waals surface area contributed by atoms with Gasteiger partial charge in [-0.15, -0.1) is 0 Å². The maximum Gasteiger partial charge on any atom is 0.418 e. The number of carbonyl (C=O) groups excluding carboxylic acids is 1. The highest BCUT2D eigenvalue weighted by Gasteiger charge is 2.36. The molecule has 0 bridgehead atoms. The molecule has 2 fully saturated rings. The molecule has 47 heavy (non-hydrogen) atoms. The van der Waals surface area contributed by atoms with E-state index in [0.29, 0.717) is 43.5 Å². The van der Waals surface area contributed by atoms with Crippen molar-refractivity contribution in [1.82, 2.24) is 0 Å². The van der Waals surface area contributed by atoms with Crippen LogP contribution in [0.3, 0.4) is 0 Å². The first-order valence-electron chi connectivity index (χ1n) is 15.2. The summed E-state index contributed by atoms with van der Waals surface area (Å²) in [6.45, 7) is 5.57. The molecule has 250 valence electrons. The van der Waals surface area contributed by atoms with Crippen molar-refractivity contribution in [3.05, 3.63) is 83.1 Å². The highest BCUT2D eigenvalue weighted by Crippen LogP contribution is 2.39. The predicted octanol–water partition coefficient (Wildman–Crippen LogP) is 5.70. The zero-order valence-corrected chi connectivity index (χ0v) is 26.8. The van der Waals surface area contributed by atoms with Crippen LogP contribution in [0.15, 0.2) is 71.4 Å². The molecule has 0 spiro atoms. The lowest BCUT2D eigenvalue weighted by molar-refractivity contribution is -0.137. The second kappa shape index (κ2) is 14.2. The molecule has 0 aliphatic carbocycles. The van der Waals surface area contributed by atoms with Gasteiger partial charge in [0.15, 0.2) is 5.96 Å². The summed E-state index contributed by atoms with van der Waals surface area (Å²) in [5, 5.41) is 6.20. The van der Waals surface area contributed by atoms with Gasteiger partial charge < -0.3 is 40.4 Å². The minimum absolute atomic E-state index is 0.0837. The summed E-state index contributed by atoms with van der Waals surface area (Å²) in [5.74, 6) is 0.943. The summed E-state index contributed by atoms with van der Waals surface area (Å²) < 4.78 is 58.4. The number of nitrogens with two attached hydrogens (primary N) is 1. The summed E-state index contributed by atoms with van der Waals surface area (Å²) in [6.07, 6.45) is -2.92. The average molecular weight is 653 g/mol. The number of hydrogen-bond donors (Lipinski definition) is 3. The minimum atomic E-state index is -4.58. The van der Waals surface area contributed by atoms with Crippen LogP contribution in [0.4, 0.5) is 35.9 Å². The van der Waals surface area contributed by atoms with E-state index in [0.717, 1.165) is 28.5 Å². The van der Waals surface area contributed by atoms with Crippen molar-refractivity contribution in [3.63, 3.8) is 0 Å². The molecule has 13 heteroatoms. The molecule has 2 aliphatic rings. The largest absolute Gasteiger partial charge is 0.497 e. The molecular weight excluding hydrogens is 613 g/mol. The fourth-order valence-electron chi connectivity index (χ4n) is 5.87. The molecule has 0 saturated carbocycles. The number of methoxy groups -OCH3 is 2. The van der Waals surface area contributed by atoms with E-state index in [2.05, 4.69) is 15.6 Å². The van der Waals surface area contributed by atoms with Crippen LogP contribution in [0.1, 0.15) is 23.1 Å². The fourth-order valence-corrected chi connectivity index (χ4v) is 5.87. The number of anilines is 4. The predicted molar refractivity (Wildman–Crippen MR) is 178 cm³/mol. The molecule has 1 amide bonds. The van der Waals surface area contributed by atoms with Crippen LogP contribution in [-0.2, 0) is 15.7 Å². The average Bonchev–Trinajstić information content (AvgIpc) is 3.05. The van der Waals surface area contributed by atoms with Crippen molar-refractivity contribution < 1.29 is 32.2 Å². The molecule has 3 aromatic carbocycles. The molecule has 2 saturated heterocycles. The number of aryl methyl sites for hydroxylation is 2. The third-order valence-corrected chi connectivity index (χ3v) is 8.21. The highest BCUT2D eigenvalue weighted by molar-refractivity contribution is 5.98. The Balaban J connectivity index is 1.45. The van der Waals surface area contributed by atoms with Crippen molar-refractivity contribution in [2.75, 3.05) is 67.5 Å². The topological polar surface area (TPSA) is 114 Å². The molecule has 1 unspecified atom stereocenters. The molecule has 10 nitrogen and oxygen atoms in total. The lowest BCUT2D eigenvalue weighted by Gasteiger charge is -2.36. The number of hydrogen-bond acceptors (Lipinski definition) is 7. The van der Waals surface area contributed by atoms with E-state index >= 15 is 0 Å². The summed E-state index contributed by atoms with van der Waals surface area (Å²) >= 11 is 0. The smallest absolute Gasteiger partial charge is 0.418 e. The number of alkyl halides is 3. The number of para-hydroxylation sites is 1. The molecule has 0 radical (unpaired) electrons. The Hall–Kier alpha value is -4.91. The Morgan fingerprint density at radius 1 is 1.04 bits per heavy atom. The van der Waals surface area contributed by atoms with Crippen LogP contribution in [0.25, 0.3) is 0 Å². The maximum atomic E-state index is 14.1. The normalized spacial score (nSPS) is 18.4. The van der Waals surface area contributed by atoms with E-state index in [1.54, 1.807) is 48.4 Å². The summed E-state index contributed by atoms with van der Waals surface area (Å²) in [6, 6.07) is 14.7.